The Morgan fingerprint density at radius 1 is 1.29 bits per heavy atom. The molecule has 0 unspecified atom stereocenters. The van der Waals surface area contributed by atoms with Gasteiger partial charge in [-0.1, -0.05) is 23.7 Å². The molecule has 0 aliphatic heterocycles. The molecule has 21 heavy (non-hydrogen) atoms. The molecule has 1 aromatic heterocycles. The van der Waals surface area contributed by atoms with Crippen molar-refractivity contribution in [2.24, 2.45) is 5.10 Å². The third-order valence-electron chi connectivity index (χ3n) is 2.43. The van der Waals surface area contributed by atoms with Gasteiger partial charge in [-0.25, -0.2) is 5.10 Å². The SMILES string of the molecule is O=c1[nH]ncc(N/N=C\c2ccc(C(F)(F)F)cc2)c1Cl. The molecule has 0 saturated carbocycles. The van der Waals surface area contributed by atoms with Crippen molar-refractivity contribution in [2.75, 3.05) is 5.43 Å². The standard InChI is InChI=1S/C12H8ClF3N4O/c13-10-9(6-18-20-11(10)21)19-17-5-7-1-3-8(4-2-7)12(14,15)16/h1-6H,(H2,19,20,21)/b17-5-. The summed E-state index contributed by atoms with van der Waals surface area (Å²) in [4.78, 5) is 11.2. The summed E-state index contributed by atoms with van der Waals surface area (Å²) in [6.07, 6.45) is -1.83. The first-order valence-corrected chi connectivity index (χ1v) is 5.95. The van der Waals surface area contributed by atoms with Gasteiger partial charge < -0.3 is 0 Å². The monoisotopic (exact) mass is 316 g/mol. The van der Waals surface area contributed by atoms with Crippen LogP contribution < -0.4 is 11.0 Å². The molecule has 1 aromatic carbocycles. The number of aromatic nitrogens is 2. The molecule has 5 nitrogen and oxygen atoms in total. The lowest BCUT2D eigenvalue weighted by Crippen LogP contribution is -2.10. The van der Waals surface area contributed by atoms with Crippen molar-refractivity contribution in [3.8, 4) is 0 Å². The van der Waals surface area contributed by atoms with Gasteiger partial charge in [0, 0.05) is 0 Å². The van der Waals surface area contributed by atoms with Gasteiger partial charge in [0.1, 0.15) is 10.7 Å². The predicted molar refractivity (Wildman–Crippen MR) is 72.5 cm³/mol. The van der Waals surface area contributed by atoms with Gasteiger partial charge in [0.05, 0.1) is 18.0 Å². The van der Waals surface area contributed by atoms with E-state index in [1.165, 1.54) is 24.5 Å². The van der Waals surface area contributed by atoms with Gasteiger partial charge in [-0.05, 0) is 17.7 Å². The van der Waals surface area contributed by atoms with Gasteiger partial charge in [0.15, 0.2) is 0 Å². The Kier molecular flexibility index (Phi) is 4.27. The number of hydrogen-bond donors (Lipinski definition) is 2. The predicted octanol–water partition coefficient (Wildman–Crippen LogP) is 2.89. The maximum Gasteiger partial charge on any atom is 0.416 e. The summed E-state index contributed by atoms with van der Waals surface area (Å²) in [5, 5.41) is 9.31. The highest BCUT2D eigenvalue weighted by Crippen LogP contribution is 2.28. The quantitative estimate of drug-likeness (QED) is 0.675. The minimum absolute atomic E-state index is 0.116. The van der Waals surface area contributed by atoms with Crippen LogP contribution in [0.1, 0.15) is 11.1 Å². The molecule has 2 N–H and O–H groups in total. The molecule has 0 radical (unpaired) electrons. The number of nitrogens with zero attached hydrogens (tertiary/aromatic N) is 2. The van der Waals surface area contributed by atoms with E-state index in [0.29, 0.717) is 5.56 Å². The number of hydrogen-bond acceptors (Lipinski definition) is 4. The number of H-pyrrole nitrogens is 1. The third kappa shape index (κ3) is 3.82. The molecule has 1 heterocycles. The van der Waals surface area contributed by atoms with Crippen LogP contribution in [0.5, 0.6) is 0 Å². The largest absolute Gasteiger partial charge is 0.416 e. The van der Waals surface area contributed by atoms with E-state index in [9.17, 15) is 18.0 Å². The molecular weight excluding hydrogens is 309 g/mol. The van der Waals surface area contributed by atoms with Crippen molar-refractivity contribution in [3.05, 3.63) is 57.0 Å². The van der Waals surface area contributed by atoms with Gasteiger partial charge in [0.2, 0.25) is 0 Å². The highest BCUT2D eigenvalue weighted by molar-refractivity contribution is 6.32. The molecule has 0 bridgehead atoms. The van der Waals surface area contributed by atoms with E-state index in [2.05, 4.69) is 20.7 Å². The lowest BCUT2D eigenvalue weighted by molar-refractivity contribution is -0.137. The maximum absolute atomic E-state index is 12.4. The maximum atomic E-state index is 12.4. The fraction of sp³-hybridized carbons (Fsp3) is 0.0833. The molecule has 2 rings (SSSR count). The van der Waals surface area contributed by atoms with Crippen molar-refractivity contribution < 1.29 is 13.2 Å². The Balaban J connectivity index is 2.08. The van der Waals surface area contributed by atoms with Crippen molar-refractivity contribution in [3.63, 3.8) is 0 Å². The molecule has 0 saturated heterocycles. The molecule has 0 atom stereocenters. The van der Waals surface area contributed by atoms with Crippen molar-refractivity contribution >= 4 is 23.5 Å². The Bertz CT molecular complexity index is 710. The van der Waals surface area contributed by atoms with Crippen molar-refractivity contribution in [2.45, 2.75) is 6.18 Å². The minimum Gasteiger partial charge on any atom is -0.275 e. The molecule has 0 aliphatic rings. The number of nitrogens with one attached hydrogen (secondary N) is 2. The van der Waals surface area contributed by atoms with Crippen LogP contribution in [0.25, 0.3) is 0 Å². The van der Waals surface area contributed by atoms with E-state index in [4.69, 9.17) is 11.6 Å². The highest BCUT2D eigenvalue weighted by Gasteiger charge is 2.29. The van der Waals surface area contributed by atoms with Gasteiger partial charge in [0.25, 0.3) is 5.56 Å². The van der Waals surface area contributed by atoms with Crippen molar-refractivity contribution in [1.82, 2.24) is 10.2 Å². The smallest absolute Gasteiger partial charge is 0.275 e. The topological polar surface area (TPSA) is 70.1 Å². The number of alkyl halides is 3. The van der Waals surface area contributed by atoms with Crippen LogP contribution in [0, 0.1) is 0 Å². The molecule has 9 heteroatoms. The zero-order valence-electron chi connectivity index (χ0n) is 10.3. The number of benzene rings is 1. The normalized spacial score (nSPS) is 11.8. The Morgan fingerprint density at radius 2 is 1.95 bits per heavy atom. The number of aromatic amines is 1. The second-order valence-electron chi connectivity index (χ2n) is 3.92. The minimum atomic E-state index is -4.38. The Morgan fingerprint density at radius 3 is 2.57 bits per heavy atom. The first kappa shape index (κ1) is 15.0. The van der Waals surface area contributed by atoms with Crippen LogP contribution in [-0.2, 0) is 6.18 Å². The van der Waals surface area contributed by atoms with E-state index in [1.54, 1.807) is 0 Å². The second kappa shape index (κ2) is 5.96. The zero-order valence-corrected chi connectivity index (χ0v) is 11.0. The Hall–Kier alpha value is -2.35. The summed E-state index contributed by atoms with van der Waals surface area (Å²) >= 11 is 5.70. The number of hydrazone groups is 1. The molecule has 0 aliphatic carbocycles. The van der Waals surface area contributed by atoms with Crippen LogP contribution in [0.2, 0.25) is 5.02 Å². The molecule has 110 valence electrons. The van der Waals surface area contributed by atoms with Crippen LogP contribution in [-0.4, -0.2) is 16.4 Å². The summed E-state index contributed by atoms with van der Waals surface area (Å²) in [6.45, 7) is 0. The van der Waals surface area contributed by atoms with Crippen LogP contribution in [0.3, 0.4) is 0 Å². The molecule has 2 aromatic rings. The van der Waals surface area contributed by atoms with E-state index in [1.807, 2.05) is 0 Å². The first-order chi connectivity index (χ1) is 9.88. The number of anilines is 1. The van der Waals surface area contributed by atoms with E-state index < -0.39 is 17.3 Å². The Labute approximate surface area is 121 Å². The van der Waals surface area contributed by atoms with Crippen LogP contribution in [0.4, 0.5) is 18.9 Å². The molecular formula is C12H8ClF3N4O. The zero-order chi connectivity index (χ0) is 15.5. The number of halogens is 4. The van der Waals surface area contributed by atoms with Crippen molar-refractivity contribution in [1.29, 1.82) is 0 Å². The van der Waals surface area contributed by atoms with E-state index in [0.717, 1.165) is 12.1 Å². The highest BCUT2D eigenvalue weighted by atomic mass is 35.5. The summed E-state index contributed by atoms with van der Waals surface area (Å²) in [5.41, 5.74) is 1.79. The molecule has 0 fully saturated rings. The van der Waals surface area contributed by atoms with Crippen LogP contribution in [0.15, 0.2) is 40.4 Å². The van der Waals surface area contributed by atoms with Gasteiger partial charge in [-0.3, -0.25) is 10.2 Å². The third-order valence-corrected chi connectivity index (χ3v) is 2.81. The number of rotatable bonds is 3. The summed E-state index contributed by atoms with van der Waals surface area (Å²) in [7, 11) is 0. The fourth-order valence-corrected chi connectivity index (χ4v) is 1.53. The molecule has 0 spiro atoms. The van der Waals surface area contributed by atoms with E-state index in [-0.39, 0.29) is 10.7 Å². The van der Waals surface area contributed by atoms with Gasteiger partial charge in [-0.2, -0.15) is 23.4 Å². The average Bonchev–Trinajstić information content (AvgIpc) is 2.43. The average molecular weight is 317 g/mol. The van der Waals surface area contributed by atoms with E-state index >= 15 is 0 Å². The summed E-state index contributed by atoms with van der Waals surface area (Å²) in [5.74, 6) is 0. The fourth-order valence-electron chi connectivity index (χ4n) is 1.40. The first-order valence-electron chi connectivity index (χ1n) is 5.57. The second-order valence-corrected chi connectivity index (χ2v) is 4.29. The van der Waals surface area contributed by atoms with Gasteiger partial charge >= 0.3 is 6.18 Å². The summed E-state index contributed by atoms with van der Waals surface area (Å²) < 4.78 is 37.1. The van der Waals surface area contributed by atoms with Gasteiger partial charge in [-0.15, -0.1) is 0 Å². The lowest BCUT2D eigenvalue weighted by atomic mass is 10.1. The van der Waals surface area contributed by atoms with Crippen LogP contribution >= 0.6 is 11.6 Å². The summed E-state index contributed by atoms with van der Waals surface area (Å²) in [6, 6.07) is 4.43. The lowest BCUT2D eigenvalue weighted by Gasteiger charge is -2.05. The molecule has 0 amide bonds.